The number of hydrogen-bond acceptors (Lipinski definition) is 4. The fourth-order valence-electron chi connectivity index (χ4n) is 2.18. The molecule has 0 aliphatic carbocycles. The lowest BCUT2D eigenvalue weighted by molar-refractivity contribution is 0.410. The van der Waals surface area contributed by atoms with Crippen molar-refractivity contribution in [3.63, 3.8) is 0 Å². The van der Waals surface area contributed by atoms with Crippen LogP contribution in [0, 0.1) is 5.92 Å². The molecule has 0 aromatic heterocycles. The minimum absolute atomic E-state index is 0.0316. The Hall–Kier alpha value is -1.07. The van der Waals surface area contributed by atoms with E-state index in [-0.39, 0.29) is 17.4 Å². The zero-order chi connectivity index (χ0) is 16.0. The maximum Gasteiger partial charge on any atom is 0.154 e. The molecule has 120 valence electrons. The molecule has 0 aliphatic heterocycles. The molecule has 0 spiro atoms. The van der Waals surface area contributed by atoms with Crippen molar-refractivity contribution >= 4 is 9.84 Å². The van der Waals surface area contributed by atoms with E-state index in [9.17, 15) is 8.42 Å². The molecule has 0 bridgehead atoms. The van der Waals surface area contributed by atoms with Crippen molar-refractivity contribution < 1.29 is 13.2 Å². The minimum Gasteiger partial charge on any atom is -0.496 e. The second-order valence-electron chi connectivity index (χ2n) is 6.13. The Morgan fingerprint density at radius 1 is 1.19 bits per heavy atom. The second kappa shape index (κ2) is 7.80. The lowest BCUT2D eigenvalue weighted by Gasteiger charge is -2.14. The molecule has 0 aliphatic rings. The van der Waals surface area contributed by atoms with Crippen molar-refractivity contribution in [2.75, 3.05) is 12.9 Å². The first-order chi connectivity index (χ1) is 9.73. The molecular weight excluding hydrogens is 286 g/mol. The number of sulfone groups is 1. The molecule has 1 rings (SSSR count). The van der Waals surface area contributed by atoms with E-state index in [4.69, 9.17) is 4.74 Å². The Balaban J connectivity index is 2.95. The van der Waals surface area contributed by atoms with Gasteiger partial charge in [0.25, 0.3) is 0 Å². The van der Waals surface area contributed by atoms with Crippen LogP contribution in [0.5, 0.6) is 5.75 Å². The van der Waals surface area contributed by atoms with Gasteiger partial charge in [-0.25, -0.2) is 8.42 Å². The summed E-state index contributed by atoms with van der Waals surface area (Å²) in [7, 11) is -1.55. The van der Waals surface area contributed by atoms with Gasteiger partial charge in [-0.05, 0) is 23.6 Å². The molecule has 0 heterocycles. The molecule has 0 saturated heterocycles. The van der Waals surface area contributed by atoms with Crippen LogP contribution >= 0.6 is 0 Å². The standard InChI is InChI=1S/C16H27NO3S/c1-12(2)10-21(18,19)11-15-8-14(9-17-13(3)4)6-7-16(15)20-5/h6-8,12-13,17H,9-11H2,1-5H3. The summed E-state index contributed by atoms with van der Waals surface area (Å²) >= 11 is 0. The van der Waals surface area contributed by atoms with Gasteiger partial charge in [-0.2, -0.15) is 0 Å². The van der Waals surface area contributed by atoms with Gasteiger partial charge in [0, 0.05) is 18.2 Å². The Bertz CT molecular complexity index is 551. The molecule has 0 radical (unpaired) electrons. The summed E-state index contributed by atoms with van der Waals surface area (Å²) in [6, 6.07) is 6.12. The molecule has 0 unspecified atom stereocenters. The van der Waals surface area contributed by atoms with Crippen molar-refractivity contribution in [1.29, 1.82) is 0 Å². The molecule has 0 fully saturated rings. The van der Waals surface area contributed by atoms with E-state index in [0.29, 0.717) is 11.8 Å². The zero-order valence-electron chi connectivity index (χ0n) is 13.6. The predicted molar refractivity (Wildman–Crippen MR) is 87.3 cm³/mol. The molecule has 1 N–H and O–H groups in total. The molecule has 21 heavy (non-hydrogen) atoms. The van der Waals surface area contributed by atoms with E-state index >= 15 is 0 Å². The van der Waals surface area contributed by atoms with Crippen LogP contribution < -0.4 is 10.1 Å². The molecule has 0 atom stereocenters. The topological polar surface area (TPSA) is 55.4 Å². The molecule has 1 aromatic rings. The average Bonchev–Trinajstić information content (AvgIpc) is 2.34. The predicted octanol–water partition coefficient (Wildman–Crippen LogP) is 2.76. The fourth-order valence-corrected chi connectivity index (χ4v) is 4.01. The van der Waals surface area contributed by atoms with Crippen LogP contribution in [0.2, 0.25) is 0 Å². The van der Waals surface area contributed by atoms with Crippen LogP contribution in [0.4, 0.5) is 0 Å². The van der Waals surface area contributed by atoms with E-state index in [1.54, 1.807) is 7.11 Å². The van der Waals surface area contributed by atoms with Crippen LogP contribution in [-0.4, -0.2) is 27.3 Å². The van der Waals surface area contributed by atoms with E-state index in [2.05, 4.69) is 19.2 Å². The summed E-state index contributed by atoms with van der Waals surface area (Å²) in [5.41, 5.74) is 1.81. The van der Waals surface area contributed by atoms with Gasteiger partial charge in [0.2, 0.25) is 0 Å². The highest BCUT2D eigenvalue weighted by atomic mass is 32.2. The highest BCUT2D eigenvalue weighted by Gasteiger charge is 2.17. The molecule has 5 heteroatoms. The van der Waals surface area contributed by atoms with Crippen molar-refractivity contribution in [3.8, 4) is 5.75 Å². The lowest BCUT2D eigenvalue weighted by Crippen LogP contribution is -2.22. The van der Waals surface area contributed by atoms with Gasteiger partial charge in [-0.3, -0.25) is 0 Å². The van der Waals surface area contributed by atoms with Crippen LogP contribution in [0.3, 0.4) is 0 Å². The van der Waals surface area contributed by atoms with Crippen LogP contribution in [0.25, 0.3) is 0 Å². The summed E-state index contributed by atoms with van der Waals surface area (Å²) < 4.78 is 29.7. The summed E-state index contributed by atoms with van der Waals surface area (Å²) in [6.45, 7) is 8.71. The van der Waals surface area contributed by atoms with Crippen LogP contribution in [0.1, 0.15) is 38.8 Å². The van der Waals surface area contributed by atoms with Crippen LogP contribution in [0.15, 0.2) is 18.2 Å². The highest BCUT2D eigenvalue weighted by Crippen LogP contribution is 2.23. The van der Waals surface area contributed by atoms with Gasteiger partial charge < -0.3 is 10.1 Å². The largest absolute Gasteiger partial charge is 0.496 e. The normalized spacial score (nSPS) is 12.1. The number of hydrogen-bond donors (Lipinski definition) is 1. The van der Waals surface area contributed by atoms with Crippen molar-refractivity contribution in [1.82, 2.24) is 5.32 Å². The third-order valence-corrected chi connectivity index (χ3v) is 4.95. The number of rotatable bonds is 8. The monoisotopic (exact) mass is 313 g/mol. The van der Waals surface area contributed by atoms with Crippen molar-refractivity contribution in [2.24, 2.45) is 5.92 Å². The Kier molecular flexibility index (Phi) is 6.68. The van der Waals surface area contributed by atoms with E-state index in [0.717, 1.165) is 17.7 Å². The molecule has 0 saturated carbocycles. The van der Waals surface area contributed by atoms with Crippen molar-refractivity contribution in [3.05, 3.63) is 29.3 Å². The number of ether oxygens (including phenoxy) is 1. The van der Waals surface area contributed by atoms with Crippen LogP contribution in [-0.2, 0) is 22.1 Å². The number of nitrogens with one attached hydrogen (secondary N) is 1. The average molecular weight is 313 g/mol. The Morgan fingerprint density at radius 2 is 1.86 bits per heavy atom. The van der Waals surface area contributed by atoms with E-state index in [1.165, 1.54) is 0 Å². The zero-order valence-corrected chi connectivity index (χ0v) is 14.5. The van der Waals surface area contributed by atoms with Gasteiger partial charge in [-0.1, -0.05) is 33.8 Å². The quantitative estimate of drug-likeness (QED) is 0.802. The second-order valence-corrected chi connectivity index (χ2v) is 8.24. The maximum absolute atomic E-state index is 12.2. The molecule has 1 aromatic carbocycles. The summed E-state index contributed by atoms with van der Waals surface area (Å²) in [4.78, 5) is 0. The molecule has 0 amide bonds. The minimum atomic E-state index is -3.11. The first-order valence-corrected chi connectivity index (χ1v) is 9.15. The number of benzene rings is 1. The third-order valence-electron chi connectivity index (χ3n) is 3.02. The summed E-state index contributed by atoms with van der Waals surface area (Å²) in [5, 5.41) is 3.33. The highest BCUT2D eigenvalue weighted by molar-refractivity contribution is 7.90. The Morgan fingerprint density at radius 3 is 2.38 bits per heavy atom. The van der Waals surface area contributed by atoms with Gasteiger partial charge in [-0.15, -0.1) is 0 Å². The van der Waals surface area contributed by atoms with E-state index in [1.807, 2.05) is 32.0 Å². The fraction of sp³-hybridized carbons (Fsp3) is 0.625. The van der Waals surface area contributed by atoms with Gasteiger partial charge >= 0.3 is 0 Å². The van der Waals surface area contributed by atoms with E-state index < -0.39 is 9.84 Å². The van der Waals surface area contributed by atoms with Gasteiger partial charge in [0.1, 0.15) is 5.75 Å². The van der Waals surface area contributed by atoms with Gasteiger partial charge in [0.15, 0.2) is 9.84 Å². The summed E-state index contributed by atoms with van der Waals surface area (Å²) in [5.74, 6) is 0.997. The van der Waals surface area contributed by atoms with Gasteiger partial charge in [0.05, 0.1) is 18.6 Å². The SMILES string of the molecule is COc1ccc(CNC(C)C)cc1CS(=O)(=O)CC(C)C. The summed E-state index contributed by atoms with van der Waals surface area (Å²) in [6.07, 6.45) is 0. The lowest BCUT2D eigenvalue weighted by atomic mass is 10.1. The maximum atomic E-state index is 12.2. The Labute approximate surface area is 128 Å². The molecule has 4 nitrogen and oxygen atoms in total. The first kappa shape index (κ1) is 18.0. The molecular formula is C16H27NO3S. The van der Waals surface area contributed by atoms with Crippen molar-refractivity contribution in [2.45, 2.75) is 46.0 Å². The number of methoxy groups -OCH3 is 1. The smallest absolute Gasteiger partial charge is 0.154 e. The third kappa shape index (κ3) is 6.48. The first-order valence-electron chi connectivity index (χ1n) is 7.33.